The number of aromatic nitrogens is 4. The number of nitrogens with zero attached hydrogens (tertiary/aromatic N) is 3. The molecule has 2 N–H and O–H groups in total. The van der Waals surface area contributed by atoms with Gasteiger partial charge in [0.2, 0.25) is 0 Å². The molecular formula is C19H12F3N5OS. The van der Waals surface area contributed by atoms with Gasteiger partial charge in [-0.15, -0.1) is 21.5 Å². The molecule has 0 unspecified atom stereocenters. The predicted octanol–water partition coefficient (Wildman–Crippen LogP) is 4.87. The number of benzene rings is 2. The maximum absolute atomic E-state index is 13.2. The van der Waals surface area contributed by atoms with Crippen LogP contribution in [0.1, 0.15) is 16.1 Å². The molecule has 0 radical (unpaired) electrons. The van der Waals surface area contributed by atoms with Crippen molar-refractivity contribution in [1.82, 2.24) is 20.2 Å². The fourth-order valence-corrected chi connectivity index (χ4v) is 3.21. The number of H-pyrrole nitrogens is 1. The van der Waals surface area contributed by atoms with Gasteiger partial charge in [0, 0.05) is 22.2 Å². The van der Waals surface area contributed by atoms with Crippen molar-refractivity contribution in [1.29, 1.82) is 0 Å². The molecule has 0 saturated heterocycles. The van der Waals surface area contributed by atoms with E-state index in [1.54, 1.807) is 35.2 Å². The fourth-order valence-electron chi connectivity index (χ4n) is 2.68. The molecule has 2 aromatic carbocycles. The Morgan fingerprint density at radius 3 is 2.41 bits per heavy atom. The second-order valence-corrected chi connectivity index (χ2v) is 6.69. The molecule has 0 aliphatic carbocycles. The van der Waals surface area contributed by atoms with Gasteiger partial charge in [-0.25, -0.2) is 4.98 Å². The van der Waals surface area contributed by atoms with Crippen molar-refractivity contribution in [2.24, 2.45) is 0 Å². The van der Waals surface area contributed by atoms with E-state index in [4.69, 9.17) is 0 Å². The number of halogens is 3. The Hall–Kier alpha value is -3.53. The van der Waals surface area contributed by atoms with Gasteiger partial charge in [0.15, 0.2) is 11.6 Å². The molecule has 29 heavy (non-hydrogen) atoms. The van der Waals surface area contributed by atoms with Crippen LogP contribution in [0.4, 0.5) is 18.9 Å². The number of hydrogen-bond donors (Lipinski definition) is 2. The zero-order valence-corrected chi connectivity index (χ0v) is 15.4. The largest absolute Gasteiger partial charge is 0.417 e. The first-order valence-corrected chi connectivity index (χ1v) is 9.25. The SMILES string of the molecule is O=C(Nc1ccc(-c2nnc(-c3ccccc3C(F)(F)F)[nH]2)cc1)c1cscn1. The zero-order chi connectivity index (χ0) is 20.4. The van der Waals surface area contributed by atoms with Gasteiger partial charge in [-0.1, -0.05) is 18.2 Å². The fraction of sp³-hybridized carbons (Fsp3) is 0.0526. The lowest BCUT2D eigenvalue weighted by atomic mass is 10.1. The molecule has 4 aromatic rings. The molecule has 0 saturated carbocycles. The number of rotatable bonds is 4. The van der Waals surface area contributed by atoms with E-state index in [1.165, 1.54) is 29.5 Å². The standard InChI is InChI=1S/C19H12F3N5OS/c20-19(21,22)14-4-2-1-3-13(14)17-25-16(26-27-17)11-5-7-12(8-6-11)24-18(28)15-9-29-10-23-15/h1-10H,(H,24,28)(H,25,26,27). The lowest BCUT2D eigenvalue weighted by Crippen LogP contribution is -2.11. The summed E-state index contributed by atoms with van der Waals surface area (Å²) in [5, 5.41) is 12.2. The van der Waals surface area contributed by atoms with Crippen LogP contribution in [0.15, 0.2) is 59.4 Å². The van der Waals surface area contributed by atoms with Crippen molar-refractivity contribution in [3.63, 3.8) is 0 Å². The van der Waals surface area contributed by atoms with Crippen LogP contribution in [-0.4, -0.2) is 26.1 Å². The normalized spacial score (nSPS) is 11.4. The first-order valence-electron chi connectivity index (χ1n) is 8.31. The third-order valence-corrected chi connectivity index (χ3v) is 4.64. The molecule has 1 amide bonds. The van der Waals surface area contributed by atoms with E-state index in [1.807, 2.05) is 0 Å². The number of aromatic amines is 1. The van der Waals surface area contributed by atoms with Crippen LogP contribution in [0, 0.1) is 0 Å². The Balaban J connectivity index is 1.56. The molecule has 4 rings (SSSR count). The van der Waals surface area contributed by atoms with Gasteiger partial charge in [0.05, 0.1) is 11.1 Å². The molecular weight excluding hydrogens is 403 g/mol. The number of nitrogens with one attached hydrogen (secondary N) is 2. The van der Waals surface area contributed by atoms with Crippen LogP contribution in [0.3, 0.4) is 0 Å². The topological polar surface area (TPSA) is 83.6 Å². The molecule has 0 bridgehead atoms. The molecule has 0 fully saturated rings. The lowest BCUT2D eigenvalue weighted by Gasteiger charge is -2.10. The van der Waals surface area contributed by atoms with Gasteiger partial charge >= 0.3 is 6.18 Å². The lowest BCUT2D eigenvalue weighted by molar-refractivity contribution is -0.137. The quantitative estimate of drug-likeness (QED) is 0.498. The first kappa shape index (κ1) is 18.8. The van der Waals surface area contributed by atoms with Gasteiger partial charge in [-0.3, -0.25) is 4.79 Å². The number of amides is 1. The number of thiazole rings is 1. The minimum absolute atomic E-state index is 0.0221. The number of alkyl halides is 3. The maximum Gasteiger partial charge on any atom is 0.417 e. The molecule has 0 atom stereocenters. The van der Waals surface area contributed by atoms with Crippen LogP contribution in [0.2, 0.25) is 0 Å². The highest BCUT2D eigenvalue weighted by molar-refractivity contribution is 7.07. The summed E-state index contributed by atoms with van der Waals surface area (Å²) in [5.41, 5.74) is 2.18. The maximum atomic E-state index is 13.2. The number of anilines is 1. The van der Waals surface area contributed by atoms with Crippen molar-refractivity contribution < 1.29 is 18.0 Å². The van der Waals surface area contributed by atoms with E-state index in [9.17, 15) is 18.0 Å². The van der Waals surface area contributed by atoms with Gasteiger partial charge in [-0.05, 0) is 30.3 Å². The summed E-state index contributed by atoms with van der Waals surface area (Å²) in [6.07, 6.45) is -4.50. The molecule has 0 aliphatic heterocycles. The molecule has 146 valence electrons. The minimum Gasteiger partial charge on any atom is -0.321 e. The van der Waals surface area contributed by atoms with Gasteiger partial charge in [-0.2, -0.15) is 13.2 Å². The minimum atomic E-state index is -4.50. The van der Waals surface area contributed by atoms with Crippen molar-refractivity contribution >= 4 is 22.9 Å². The highest BCUT2D eigenvalue weighted by atomic mass is 32.1. The van der Waals surface area contributed by atoms with Gasteiger partial charge in [0.25, 0.3) is 5.91 Å². The van der Waals surface area contributed by atoms with E-state index < -0.39 is 11.7 Å². The van der Waals surface area contributed by atoms with Crippen LogP contribution in [0.5, 0.6) is 0 Å². The smallest absolute Gasteiger partial charge is 0.321 e. The molecule has 2 aromatic heterocycles. The highest BCUT2D eigenvalue weighted by Gasteiger charge is 2.34. The van der Waals surface area contributed by atoms with E-state index in [0.29, 0.717) is 22.8 Å². The summed E-state index contributed by atoms with van der Waals surface area (Å²) in [7, 11) is 0. The third kappa shape index (κ3) is 4.02. The van der Waals surface area contributed by atoms with E-state index in [2.05, 4.69) is 25.5 Å². The van der Waals surface area contributed by atoms with Crippen molar-refractivity contribution in [2.75, 3.05) is 5.32 Å². The summed E-state index contributed by atoms with van der Waals surface area (Å²) >= 11 is 1.32. The van der Waals surface area contributed by atoms with Crippen LogP contribution < -0.4 is 5.32 Å². The summed E-state index contributed by atoms with van der Waals surface area (Å²) in [6, 6.07) is 11.8. The van der Waals surface area contributed by atoms with Crippen molar-refractivity contribution in [3.8, 4) is 22.8 Å². The molecule has 0 aliphatic rings. The summed E-state index contributed by atoms with van der Waals surface area (Å²) < 4.78 is 39.6. The van der Waals surface area contributed by atoms with Gasteiger partial charge in [0.1, 0.15) is 5.69 Å². The predicted molar refractivity (Wildman–Crippen MR) is 102 cm³/mol. The molecule has 2 heterocycles. The van der Waals surface area contributed by atoms with Crippen molar-refractivity contribution in [2.45, 2.75) is 6.18 Å². The van der Waals surface area contributed by atoms with E-state index in [-0.39, 0.29) is 17.3 Å². The summed E-state index contributed by atoms with van der Waals surface area (Å²) in [4.78, 5) is 18.8. The van der Waals surface area contributed by atoms with E-state index in [0.717, 1.165) is 6.07 Å². The van der Waals surface area contributed by atoms with Crippen molar-refractivity contribution in [3.05, 3.63) is 70.7 Å². The molecule has 10 heteroatoms. The average Bonchev–Trinajstić information content (AvgIpc) is 3.40. The van der Waals surface area contributed by atoms with Crippen LogP contribution >= 0.6 is 11.3 Å². The zero-order valence-electron chi connectivity index (χ0n) is 14.6. The number of carbonyl (C=O) groups excluding carboxylic acids is 1. The monoisotopic (exact) mass is 415 g/mol. The second kappa shape index (κ2) is 7.47. The Labute approximate surface area is 166 Å². The Kier molecular flexibility index (Phi) is 4.85. The van der Waals surface area contributed by atoms with E-state index >= 15 is 0 Å². The van der Waals surface area contributed by atoms with Gasteiger partial charge < -0.3 is 10.3 Å². The first-order chi connectivity index (χ1) is 13.9. The summed E-state index contributed by atoms with van der Waals surface area (Å²) in [6.45, 7) is 0. The third-order valence-electron chi connectivity index (χ3n) is 4.06. The second-order valence-electron chi connectivity index (χ2n) is 5.97. The Morgan fingerprint density at radius 2 is 1.72 bits per heavy atom. The number of carbonyl (C=O) groups is 1. The van der Waals surface area contributed by atoms with Crippen LogP contribution in [-0.2, 0) is 6.18 Å². The number of hydrogen-bond acceptors (Lipinski definition) is 5. The summed E-state index contributed by atoms with van der Waals surface area (Å²) in [5.74, 6) is 0.00732. The molecule has 6 nitrogen and oxygen atoms in total. The Bertz CT molecular complexity index is 1140. The highest BCUT2D eigenvalue weighted by Crippen LogP contribution is 2.36. The van der Waals surface area contributed by atoms with Crippen LogP contribution in [0.25, 0.3) is 22.8 Å². The average molecular weight is 415 g/mol. The Morgan fingerprint density at radius 1 is 1.00 bits per heavy atom. The molecule has 0 spiro atoms.